The molecular formula is C15H23NO4. The highest BCUT2D eigenvalue weighted by Gasteiger charge is 2.25. The van der Waals surface area contributed by atoms with Gasteiger partial charge >= 0.3 is 5.97 Å². The van der Waals surface area contributed by atoms with Crippen LogP contribution in [0.2, 0.25) is 0 Å². The van der Waals surface area contributed by atoms with Crippen molar-refractivity contribution in [2.24, 2.45) is 4.99 Å². The van der Waals surface area contributed by atoms with Gasteiger partial charge in [-0.2, -0.15) is 0 Å². The molecule has 0 saturated heterocycles. The second-order valence-electron chi connectivity index (χ2n) is 5.01. The third kappa shape index (κ3) is 4.47. The van der Waals surface area contributed by atoms with Crippen LogP contribution in [0.1, 0.15) is 52.4 Å². The van der Waals surface area contributed by atoms with Gasteiger partial charge in [0.2, 0.25) is 0 Å². The Morgan fingerprint density at radius 2 is 2.10 bits per heavy atom. The normalized spacial score (nSPS) is 18.1. The number of carbonyl (C=O) groups excluding carboxylic acids is 2. The number of rotatable bonds is 6. The lowest BCUT2D eigenvalue weighted by atomic mass is 9.90. The van der Waals surface area contributed by atoms with E-state index in [1.165, 1.54) is 7.11 Å². The maximum absolute atomic E-state index is 12.0. The van der Waals surface area contributed by atoms with E-state index in [2.05, 4.69) is 9.73 Å². The van der Waals surface area contributed by atoms with Crippen LogP contribution in [0, 0.1) is 0 Å². The number of nitrogens with zero attached hydrogens (tertiary/aromatic N) is 1. The van der Waals surface area contributed by atoms with Gasteiger partial charge < -0.3 is 9.84 Å². The highest BCUT2D eigenvalue weighted by atomic mass is 16.5. The van der Waals surface area contributed by atoms with Gasteiger partial charge in [0.1, 0.15) is 5.76 Å². The first-order valence-corrected chi connectivity index (χ1v) is 7.08. The summed E-state index contributed by atoms with van der Waals surface area (Å²) in [6.07, 6.45) is 2.92. The Hall–Kier alpha value is -1.65. The minimum absolute atomic E-state index is 0.0534. The van der Waals surface area contributed by atoms with Gasteiger partial charge in [-0.25, -0.2) is 0 Å². The van der Waals surface area contributed by atoms with Crippen LogP contribution in [0.3, 0.4) is 0 Å². The summed E-state index contributed by atoms with van der Waals surface area (Å²) in [6.45, 7) is 3.95. The third-order valence-corrected chi connectivity index (χ3v) is 3.43. The smallest absolute Gasteiger partial charge is 0.305 e. The van der Waals surface area contributed by atoms with Crippen molar-refractivity contribution in [2.75, 3.05) is 7.11 Å². The number of ketones is 1. The van der Waals surface area contributed by atoms with Crippen molar-refractivity contribution < 1.29 is 19.4 Å². The Balaban J connectivity index is 3.00. The molecule has 0 aromatic rings. The predicted octanol–water partition coefficient (Wildman–Crippen LogP) is 2.74. The van der Waals surface area contributed by atoms with Gasteiger partial charge in [-0.05, 0) is 19.8 Å². The standard InChI is InChI=1S/C15H23NO4/c1-4-10(2)16-11(8-9-14(19)20-3)15-12(17)6-5-7-13(15)18/h10,17H,4-9H2,1-3H3. The first kappa shape index (κ1) is 16.4. The Kier molecular flexibility index (Phi) is 6.42. The number of Topliss-reactive ketones (excluding diaryl/α,β-unsaturated/α-hetero) is 1. The van der Waals surface area contributed by atoms with Crippen molar-refractivity contribution in [3.63, 3.8) is 0 Å². The fourth-order valence-electron chi connectivity index (χ4n) is 2.09. The molecule has 0 amide bonds. The van der Waals surface area contributed by atoms with E-state index in [1.54, 1.807) is 0 Å². The van der Waals surface area contributed by atoms with Gasteiger partial charge in [-0.15, -0.1) is 0 Å². The van der Waals surface area contributed by atoms with Crippen LogP contribution >= 0.6 is 0 Å². The van der Waals surface area contributed by atoms with E-state index in [0.29, 0.717) is 37.0 Å². The average Bonchev–Trinajstić information content (AvgIpc) is 2.43. The largest absolute Gasteiger partial charge is 0.511 e. The molecule has 20 heavy (non-hydrogen) atoms. The van der Waals surface area contributed by atoms with Crippen LogP contribution in [0.15, 0.2) is 16.3 Å². The summed E-state index contributed by atoms with van der Waals surface area (Å²) < 4.78 is 4.62. The number of carbonyl (C=O) groups is 2. The van der Waals surface area contributed by atoms with Gasteiger partial charge in [-0.1, -0.05) is 6.92 Å². The van der Waals surface area contributed by atoms with Crippen molar-refractivity contribution in [3.8, 4) is 0 Å². The molecule has 0 aromatic carbocycles. The van der Waals surface area contributed by atoms with Crippen LogP contribution in [-0.2, 0) is 14.3 Å². The van der Waals surface area contributed by atoms with Crippen LogP contribution in [0.4, 0.5) is 0 Å². The fraction of sp³-hybridized carbons (Fsp3) is 0.667. The van der Waals surface area contributed by atoms with Gasteiger partial charge in [0, 0.05) is 31.0 Å². The summed E-state index contributed by atoms with van der Waals surface area (Å²) in [4.78, 5) is 27.8. The molecular weight excluding hydrogens is 258 g/mol. The molecule has 0 saturated carbocycles. The minimum Gasteiger partial charge on any atom is -0.511 e. The quantitative estimate of drug-likeness (QED) is 0.600. The van der Waals surface area contributed by atoms with E-state index in [9.17, 15) is 14.7 Å². The average molecular weight is 281 g/mol. The first-order valence-electron chi connectivity index (χ1n) is 7.08. The summed E-state index contributed by atoms with van der Waals surface area (Å²) in [5.74, 6) is -0.320. The van der Waals surface area contributed by atoms with Gasteiger partial charge in [0.15, 0.2) is 5.78 Å². The lowest BCUT2D eigenvalue weighted by molar-refractivity contribution is -0.140. The molecule has 0 aromatic heterocycles. The molecule has 1 N–H and O–H groups in total. The number of allylic oxidation sites excluding steroid dienone is 2. The number of ether oxygens (including phenoxy) is 1. The van der Waals surface area contributed by atoms with E-state index in [-0.39, 0.29) is 30.0 Å². The van der Waals surface area contributed by atoms with Gasteiger partial charge in [0.25, 0.3) is 0 Å². The summed E-state index contributed by atoms with van der Waals surface area (Å²) in [5, 5.41) is 9.98. The topological polar surface area (TPSA) is 76.0 Å². The lowest BCUT2D eigenvalue weighted by Crippen LogP contribution is -2.22. The fourth-order valence-corrected chi connectivity index (χ4v) is 2.09. The molecule has 1 aliphatic rings. The van der Waals surface area contributed by atoms with E-state index < -0.39 is 0 Å². The van der Waals surface area contributed by atoms with Crippen molar-refractivity contribution in [1.82, 2.24) is 0 Å². The Bertz CT molecular complexity index is 437. The summed E-state index contributed by atoms with van der Waals surface area (Å²) in [6, 6.07) is 0.0534. The molecule has 112 valence electrons. The Morgan fingerprint density at radius 1 is 1.40 bits per heavy atom. The summed E-state index contributed by atoms with van der Waals surface area (Å²) in [5.41, 5.74) is 0.854. The number of hydrogen-bond donors (Lipinski definition) is 1. The molecule has 0 radical (unpaired) electrons. The molecule has 5 nitrogen and oxygen atoms in total. The molecule has 0 bridgehead atoms. The number of aliphatic imine (C=N–C) groups is 1. The summed E-state index contributed by atoms with van der Waals surface area (Å²) in [7, 11) is 1.33. The van der Waals surface area contributed by atoms with Crippen LogP contribution in [-0.4, -0.2) is 35.7 Å². The first-order chi connectivity index (χ1) is 9.49. The molecule has 0 heterocycles. The molecule has 1 atom stereocenters. The molecule has 1 rings (SSSR count). The zero-order valence-corrected chi connectivity index (χ0v) is 12.4. The minimum atomic E-state index is -0.342. The summed E-state index contributed by atoms with van der Waals surface area (Å²) >= 11 is 0. The van der Waals surface area contributed by atoms with E-state index in [0.717, 1.165) is 6.42 Å². The highest BCUT2D eigenvalue weighted by molar-refractivity contribution is 6.23. The Morgan fingerprint density at radius 3 is 2.65 bits per heavy atom. The molecule has 1 unspecified atom stereocenters. The number of hydrogen-bond acceptors (Lipinski definition) is 5. The number of esters is 1. The Labute approximate surface area is 119 Å². The molecule has 5 heteroatoms. The van der Waals surface area contributed by atoms with Crippen molar-refractivity contribution in [3.05, 3.63) is 11.3 Å². The van der Waals surface area contributed by atoms with Crippen LogP contribution < -0.4 is 0 Å². The van der Waals surface area contributed by atoms with Crippen molar-refractivity contribution in [1.29, 1.82) is 0 Å². The van der Waals surface area contributed by atoms with Gasteiger partial charge in [0.05, 0.1) is 19.1 Å². The van der Waals surface area contributed by atoms with Gasteiger partial charge in [-0.3, -0.25) is 14.6 Å². The lowest BCUT2D eigenvalue weighted by Gasteiger charge is -2.18. The zero-order chi connectivity index (χ0) is 15.1. The zero-order valence-electron chi connectivity index (χ0n) is 12.4. The molecule has 0 aliphatic heterocycles. The third-order valence-electron chi connectivity index (χ3n) is 3.43. The van der Waals surface area contributed by atoms with E-state index in [1.807, 2.05) is 13.8 Å². The monoisotopic (exact) mass is 281 g/mol. The second kappa shape index (κ2) is 7.82. The van der Waals surface area contributed by atoms with E-state index in [4.69, 9.17) is 0 Å². The van der Waals surface area contributed by atoms with E-state index >= 15 is 0 Å². The second-order valence-corrected chi connectivity index (χ2v) is 5.01. The van der Waals surface area contributed by atoms with Crippen LogP contribution in [0.5, 0.6) is 0 Å². The molecule has 0 fully saturated rings. The number of methoxy groups -OCH3 is 1. The number of aliphatic hydroxyl groups is 1. The predicted molar refractivity (Wildman–Crippen MR) is 77.0 cm³/mol. The van der Waals surface area contributed by atoms with Crippen molar-refractivity contribution >= 4 is 17.5 Å². The molecule has 1 aliphatic carbocycles. The SMILES string of the molecule is CCC(C)N=C(CCC(=O)OC)C1=C(O)CCCC1=O. The highest BCUT2D eigenvalue weighted by Crippen LogP contribution is 2.23. The maximum atomic E-state index is 12.0. The van der Waals surface area contributed by atoms with Crippen molar-refractivity contribution in [2.45, 2.75) is 58.4 Å². The maximum Gasteiger partial charge on any atom is 0.305 e. The van der Waals surface area contributed by atoms with Crippen LogP contribution in [0.25, 0.3) is 0 Å². The number of aliphatic hydroxyl groups excluding tert-OH is 1. The molecule has 0 spiro atoms.